The van der Waals surface area contributed by atoms with Crippen molar-refractivity contribution in [1.29, 1.82) is 0 Å². The van der Waals surface area contributed by atoms with Crippen molar-refractivity contribution in [3.63, 3.8) is 0 Å². The van der Waals surface area contributed by atoms with Crippen LogP contribution in [0, 0.1) is 0 Å². The monoisotopic (exact) mass is 311 g/mol. The summed E-state index contributed by atoms with van der Waals surface area (Å²) in [4.78, 5) is 6.81. The van der Waals surface area contributed by atoms with Crippen molar-refractivity contribution in [3.05, 3.63) is 18.3 Å². The van der Waals surface area contributed by atoms with Crippen LogP contribution in [-0.4, -0.2) is 55.1 Å². The van der Waals surface area contributed by atoms with E-state index < -0.39 is 10.0 Å². The number of sulfonamides is 1. The molecule has 0 radical (unpaired) electrons. The standard InChI is InChI=1S/C14H21N3O3S/c1-16(2)21(19,20)13-5-6-14(15-9-13)17-10-3-4-11(17)8-12(18)7-10/h5-6,9-12,18H,3-4,7-8H2,1-2H3. The smallest absolute Gasteiger partial charge is 0.244 e. The second-order valence-electron chi connectivity index (χ2n) is 6.06. The topological polar surface area (TPSA) is 73.7 Å². The third-order valence-electron chi connectivity index (χ3n) is 4.47. The van der Waals surface area contributed by atoms with Gasteiger partial charge in [-0.05, 0) is 37.8 Å². The molecule has 2 fully saturated rings. The molecule has 0 amide bonds. The molecule has 2 aliphatic rings. The van der Waals surface area contributed by atoms with Crippen molar-refractivity contribution in [2.75, 3.05) is 19.0 Å². The van der Waals surface area contributed by atoms with Crippen LogP contribution in [0.2, 0.25) is 0 Å². The van der Waals surface area contributed by atoms with Gasteiger partial charge in [-0.3, -0.25) is 0 Å². The first-order valence-electron chi connectivity index (χ1n) is 7.24. The van der Waals surface area contributed by atoms with Crippen LogP contribution in [-0.2, 0) is 10.0 Å². The average Bonchev–Trinajstić information content (AvgIpc) is 2.71. The van der Waals surface area contributed by atoms with Crippen molar-refractivity contribution in [1.82, 2.24) is 9.29 Å². The zero-order chi connectivity index (χ0) is 15.2. The van der Waals surface area contributed by atoms with Gasteiger partial charge in [-0.15, -0.1) is 0 Å². The fraction of sp³-hybridized carbons (Fsp3) is 0.643. The van der Waals surface area contributed by atoms with Gasteiger partial charge >= 0.3 is 0 Å². The first-order chi connectivity index (χ1) is 9.89. The lowest BCUT2D eigenvalue weighted by molar-refractivity contribution is 0.126. The Labute approximate surface area is 125 Å². The van der Waals surface area contributed by atoms with Crippen molar-refractivity contribution in [3.8, 4) is 0 Å². The Morgan fingerprint density at radius 2 is 1.86 bits per heavy atom. The summed E-state index contributed by atoms with van der Waals surface area (Å²) in [5.41, 5.74) is 0. The van der Waals surface area contributed by atoms with Gasteiger partial charge in [-0.2, -0.15) is 0 Å². The summed E-state index contributed by atoms with van der Waals surface area (Å²) in [6.45, 7) is 0. The number of fused-ring (bicyclic) bond motifs is 2. The zero-order valence-corrected chi connectivity index (χ0v) is 13.1. The number of hydrogen-bond donors (Lipinski definition) is 1. The SMILES string of the molecule is CN(C)S(=O)(=O)c1ccc(N2C3CCC2CC(O)C3)nc1. The number of pyridine rings is 1. The number of hydrogen-bond acceptors (Lipinski definition) is 5. The molecular weight excluding hydrogens is 290 g/mol. The van der Waals surface area contributed by atoms with Crippen molar-refractivity contribution >= 4 is 15.8 Å². The molecule has 0 spiro atoms. The summed E-state index contributed by atoms with van der Waals surface area (Å²) in [5, 5.41) is 9.83. The normalized spacial score (nSPS) is 29.1. The Kier molecular flexibility index (Phi) is 3.67. The maximum atomic E-state index is 12.0. The van der Waals surface area contributed by atoms with E-state index >= 15 is 0 Å². The molecule has 2 aliphatic heterocycles. The largest absolute Gasteiger partial charge is 0.393 e. The van der Waals surface area contributed by atoms with Gasteiger partial charge in [0.15, 0.2) is 0 Å². The molecule has 1 N–H and O–H groups in total. The highest BCUT2D eigenvalue weighted by Crippen LogP contribution is 2.38. The minimum Gasteiger partial charge on any atom is -0.393 e. The average molecular weight is 311 g/mol. The Morgan fingerprint density at radius 1 is 1.24 bits per heavy atom. The minimum atomic E-state index is -3.43. The molecule has 0 aliphatic carbocycles. The Bertz CT molecular complexity index is 601. The van der Waals surface area contributed by atoms with Gasteiger partial charge in [-0.1, -0.05) is 0 Å². The van der Waals surface area contributed by atoms with Gasteiger partial charge in [0.2, 0.25) is 10.0 Å². The summed E-state index contributed by atoms with van der Waals surface area (Å²) >= 11 is 0. The second-order valence-corrected chi connectivity index (χ2v) is 8.21. The molecule has 2 atom stereocenters. The lowest BCUT2D eigenvalue weighted by atomic mass is 10.00. The molecule has 3 rings (SSSR count). The van der Waals surface area contributed by atoms with E-state index in [2.05, 4.69) is 9.88 Å². The van der Waals surface area contributed by atoms with Crippen LogP contribution < -0.4 is 4.90 Å². The predicted molar refractivity (Wildman–Crippen MR) is 79.6 cm³/mol. The van der Waals surface area contributed by atoms with Gasteiger partial charge in [0.25, 0.3) is 0 Å². The maximum Gasteiger partial charge on any atom is 0.244 e. The summed E-state index contributed by atoms with van der Waals surface area (Å²) in [6.07, 6.45) is 4.90. The van der Waals surface area contributed by atoms with Crippen LogP contribution in [0.1, 0.15) is 25.7 Å². The Balaban J connectivity index is 1.86. The van der Waals surface area contributed by atoms with E-state index in [0.29, 0.717) is 12.1 Å². The highest BCUT2D eigenvalue weighted by Gasteiger charge is 2.40. The van der Waals surface area contributed by atoms with E-state index in [-0.39, 0.29) is 11.0 Å². The summed E-state index contributed by atoms with van der Waals surface area (Å²) < 4.78 is 25.3. The van der Waals surface area contributed by atoms with E-state index in [9.17, 15) is 13.5 Å². The van der Waals surface area contributed by atoms with Crippen molar-refractivity contribution in [2.24, 2.45) is 0 Å². The number of anilines is 1. The Morgan fingerprint density at radius 3 is 2.33 bits per heavy atom. The van der Waals surface area contributed by atoms with Gasteiger partial charge in [-0.25, -0.2) is 17.7 Å². The molecule has 1 aromatic rings. The molecule has 2 saturated heterocycles. The molecule has 0 saturated carbocycles. The molecule has 0 aromatic carbocycles. The maximum absolute atomic E-state index is 12.0. The van der Waals surface area contributed by atoms with Crippen molar-refractivity contribution < 1.29 is 13.5 Å². The van der Waals surface area contributed by atoms with Crippen LogP contribution >= 0.6 is 0 Å². The molecule has 6 nitrogen and oxygen atoms in total. The molecule has 116 valence electrons. The summed E-state index contributed by atoms with van der Waals surface area (Å²) in [5.74, 6) is 0.812. The highest BCUT2D eigenvalue weighted by molar-refractivity contribution is 7.89. The van der Waals surface area contributed by atoms with E-state index in [1.807, 2.05) is 0 Å². The lowest BCUT2D eigenvalue weighted by Crippen LogP contribution is -2.45. The van der Waals surface area contributed by atoms with Crippen LogP contribution in [0.3, 0.4) is 0 Å². The number of aromatic nitrogens is 1. The second kappa shape index (κ2) is 5.23. The highest BCUT2D eigenvalue weighted by atomic mass is 32.2. The van der Waals surface area contributed by atoms with Crippen LogP contribution in [0.4, 0.5) is 5.82 Å². The van der Waals surface area contributed by atoms with Gasteiger partial charge in [0, 0.05) is 32.4 Å². The van der Waals surface area contributed by atoms with Gasteiger partial charge < -0.3 is 10.0 Å². The molecular formula is C14H21N3O3S. The van der Waals surface area contributed by atoms with Crippen LogP contribution in [0.15, 0.2) is 23.2 Å². The molecule has 2 unspecified atom stereocenters. The van der Waals surface area contributed by atoms with Gasteiger partial charge in [0.1, 0.15) is 10.7 Å². The number of rotatable bonds is 3. The van der Waals surface area contributed by atoms with Gasteiger partial charge in [0.05, 0.1) is 6.10 Å². The van der Waals surface area contributed by atoms with Crippen LogP contribution in [0.25, 0.3) is 0 Å². The van der Waals surface area contributed by atoms with E-state index in [1.54, 1.807) is 12.1 Å². The zero-order valence-electron chi connectivity index (χ0n) is 12.3. The third-order valence-corrected chi connectivity index (χ3v) is 6.27. The van der Waals surface area contributed by atoms with E-state index in [1.165, 1.54) is 24.6 Å². The fourth-order valence-electron chi connectivity index (χ4n) is 3.41. The van der Waals surface area contributed by atoms with Crippen molar-refractivity contribution in [2.45, 2.75) is 48.8 Å². The summed E-state index contributed by atoms with van der Waals surface area (Å²) in [7, 11) is -0.413. The quantitative estimate of drug-likeness (QED) is 0.895. The molecule has 1 aromatic heterocycles. The molecule has 21 heavy (non-hydrogen) atoms. The van der Waals surface area contributed by atoms with E-state index in [4.69, 9.17) is 0 Å². The number of piperidine rings is 1. The van der Waals surface area contributed by atoms with E-state index in [0.717, 1.165) is 31.5 Å². The first-order valence-corrected chi connectivity index (χ1v) is 8.68. The molecule has 2 bridgehead atoms. The number of aliphatic hydroxyl groups is 1. The molecule has 7 heteroatoms. The lowest BCUT2D eigenvalue weighted by Gasteiger charge is -2.38. The minimum absolute atomic E-state index is 0.209. The first kappa shape index (κ1) is 14.7. The van der Waals surface area contributed by atoms with Crippen LogP contribution in [0.5, 0.6) is 0 Å². The predicted octanol–water partition coefficient (Wildman–Crippen LogP) is 0.824. The fourth-order valence-corrected chi connectivity index (χ4v) is 4.26. The third kappa shape index (κ3) is 2.54. The summed E-state index contributed by atoms with van der Waals surface area (Å²) in [6, 6.07) is 4.03. The number of aliphatic hydroxyl groups excluding tert-OH is 1. The number of nitrogens with zero attached hydrogens (tertiary/aromatic N) is 3. The molecule has 3 heterocycles. The Hall–Kier alpha value is -1.18.